The second kappa shape index (κ2) is 7.16. The highest BCUT2D eigenvalue weighted by molar-refractivity contribution is 5.85. The van der Waals surface area contributed by atoms with E-state index in [0.29, 0.717) is 11.4 Å². The Morgan fingerprint density at radius 1 is 1.35 bits per heavy atom. The van der Waals surface area contributed by atoms with Crippen molar-refractivity contribution >= 4 is 23.6 Å². The maximum Gasteiger partial charge on any atom is 0.311 e. The van der Waals surface area contributed by atoms with Gasteiger partial charge in [-0.15, -0.1) is 0 Å². The standard InChI is InChI=1S/C14H14N4O5/c1-2-23-13(19)7-12-11(14(20)17-16-12)8-15-9-3-5-10(6-4-9)18(21)22/h3-6,8H,2,7H2,1H3,(H2,16,17,20). The van der Waals surface area contributed by atoms with Crippen molar-refractivity contribution < 1.29 is 14.5 Å². The molecule has 0 fully saturated rings. The van der Waals surface area contributed by atoms with E-state index in [0.717, 1.165) is 0 Å². The third-order valence-electron chi connectivity index (χ3n) is 2.93. The number of carbonyl (C=O) groups is 1. The van der Waals surface area contributed by atoms with Crippen LogP contribution in [0.2, 0.25) is 0 Å². The molecule has 0 bridgehead atoms. The molecule has 0 atom stereocenters. The molecule has 0 saturated carbocycles. The highest BCUT2D eigenvalue weighted by Gasteiger charge is 2.12. The number of rotatable bonds is 6. The van der Waals surface area contributed by atoms with Crippen LogP contribution in [-0.2, 0) is 16.0 Å². The van der Waals surface area contributed by atoms with Gasteiger partial charge in [-0.3, -0.25) is 29.8 Å². The van der Waals surface area contributed by atoms with Crippen LogP contribution in [0.1, 0.15) is 18.2 Å². The molecule has 0 spiro atoms. The first-order chi connectivity index (χ1) is 11.0. The van der Waals surface area contributed by atoms with E-state index in [4.69, 9.17) is 4.74 Å². The van der Waals surface area contributed by atoms with Crippen LogP contribution in [0.5, 0.6) is 0 Å². The van der Waals surface area contributed by atoms with E-state index >= 15 is 0 Å². The van der Waals surface area contributed by atoms with Crippen LogP contribution < -0.4 is 5.56 Å². The first kappa shape index (κ1) is 16.1. The fourth-order valence-corrected chi connectivity index (χ4v) is 1.84. The lowest BCUT2D eigenvalue weighted by Crippen LogP contribution is -2.11. The molecule has 23 heavy (non-hydrogen) atoms. The summed E-state index contributed by atoms with van der Waals surface area (Å²) in [6.45, 7) is 1.94. The lowest BCUT2D eigenvalue weighted by Gasteiger charge is -2.00. The molecule has 0 unspecified atom stereocenters. The Hall–Kier alpha value is -3.23. The van der Waals surface area contributed by atoms with Crippen LogP contribution in [0.25, 0.3) is 0 Å². The number of nitro benzene ring substituents is 1. The normalized spacial score (nSPS) is 10.8. The van der Waals surface area contributed by atoms with Gasteiger partial charge < -0.3 is 9.84 Å². The zero-order valence-electron chi connectivity index (χ0n) is 12.2. The van der Waals surface area contributed by atoms with Gasteiger partial charge >= 0.3 is 5.97 Å². The number of non-ortho nitro benzene ring substituents is 1. The number of hydrogen-bond donors (Lipinski definition) is 2. The summed E-state index contributed by atoms with van der Waals surface area (Å²) < 4.78 is 4.83. The second-order valence-electron chi connectivity index (χ2n) is 4.48. The molecule has 9 heteroatoms. The molecule has 1 aromatic heterocycles. The zero-order chi connectivity index (χ0) is 16.8. The lowest BCUT2D eigenvalue weighted by atomic mass is 10.2. The Morgan fingerprint density at radius 2 is 2.04 bits per heavy atom. The van der Waals surface area contributed by atoms with Crippen molar-refractivity contribution in [2.45, 2.75) is 13.3 Å². The smallest absolute Gasteiger partial charge is 0.311 e. The monoisotopic (exact) mass is 318 g/mol. The Kier molecular flexibility index (Phi) is 5.03. The summed E-state index contributed by atoms with van der Waals surface area (Å²) in [6.07, 6.45) is 1.21. The molecule has 0 saturated heterocycles. The lowest BCUT2D eigenvalue weighted by molar-refractivity contribution is -0.384. The van der Waals surface area contributed by atoms with Crippen molar-refractivity contribution in [3.63, 3.8) is 0 Å². The number of nitro groups is 1. The van der Waals surface area contributed by atoms with E-state index in [1.807, 2.05) is 0 Å². The number of ether oxygens (including phenoxy) is 1. The summed E-state index contributed by atoms with van der Waals surface area (Å²) in [4.78, 5) is 37.4. The first-order valence-corrected chi connectivity index (χ1v) is 6.75. The molecule has 1 aromatic carbocycles. The average molecular weight is 318 g/mol. The number of nitrogens with one attached hydrogen (secondary N) is 2. The number of nitrogens with zero attached hydrogens (tertiary/aromatic N) is 2. The minimum Gasteiger partial charge on any atom is -0.466 e. The third kappa shape index (κ3) is 4.13. The van der Waals surface area contributed by atoms with Crippen LogP contribution in [0.15, 0.2) is 34.1 Å². The van der Waals surface area contributed by atoms with Gasteiger partial charge in [-0.05, 0) is 19.1 Å². The number of aromatic amines is 2. The van der Waals surface area contributed by atoms with Crippen LogP contribution in [0, 0.1) is 10.1 Å². The van der Waals surface area contributed by atoms with Gasteiger partial charge in [0.05, 0.1) is 34.9 Å². The van der Waals surface area contributed by atoms with Crippen LogP contribution in [-0.4, -0.2) is 33.9 Å². The van der Waals surface area contributed by atoms with Gasteiger partial charge in [0.2, 0.25) is 0 Å². The molecule has 2 rings (SSSR count). The third-order valence-corrected chi connectivity index (χ3v) is 2.93. The average Bonchev–Trinajstić information content (AvgIpc) is 2.86. The summed E-state index contributed by atoms with van der Waals surface area (Å²) in [5.74, 6) is -0.465. The van der Waals surface area contributed by atoms with Crippen molar-refractivity contribution in [2.75, 3.05) is 6.61 Å². The molecule has 120 valence electrons. The van der Waals surface area contributed by atoms with E-state index in [1.165, 1.54) is 30.5 Å². The van der Waals surface area contributed by atoms with Gasteiger partial charge in [0.15, 0.2) is 0 Å². The molecule has 0 aliphatic heterocycles. The predicted octanol–water partition coefficient (Wildman–Crippen LogP) is 1.47. The highest BCUT2D eigenvalue weighted by atomic mass is 16.6. The number of hydrogen-bond acceptors (Lipinski definition) is 6. The van der Waals surface area contributed by atoms with Crippen LogP contribution in [0.3, 0.4) is 0 Å². The maximum absolute atomic E-state index is 11.7. The van der Waals surface area contributed by atoms with Crippen molar-refractivity contribution in [1.82, 2.24) is 10.2 Å². The largest absolute Gasteiger partial charge is 0.466 e. The van der Waals surface area contributed by atoms with Gasteiger partial charge in [-0.1, -0.05) is 0 Å². The summed E-state index contributed by atoms with van der Waals surface area (Å²) in [5.41, 5.74) is 0.537. The molecule has 9 nitrogen and oxygen atoms in total. The van der Waals surface area contributed by atoms with Crippen molar-refractivity contribution in [3.8, 4) is 0 Å². The fourth-order valence-electron chi connectivity index (χ4n) is 1.84. The molecule has 2 N–H and O–H groups in total. The van der Waals surface area contributed by atoms with Gasteiger partial charge in [0.1, 0.15) is 0 Å². The van der Waals surface area contributed by atoms with Gasteiger partial charge in [0.25, 0.3) is 11.2 Å². The number of benzene rings is 1. The number of esters is 1. The number of aliphatic imine (C=N–C) groups is 1. The number of aromatic nitrogens is 2. The molecule has 2 aromatic rings. The summed E-state index contributed by atoms with van der Waals surface area (Å²) in [7, 11) is 0. The van der Waals surface area contributed by atoms with Gasteiger partial charge in [-0.25, -0.2) is 0 Å². The molecule has 1 heterocycles. The number of H-pyrrole nitrogens is 2. The Labute approximate surface area is 130 Å². The first-order valence-electron chi connectivity index (χ1n) is 6.75. The van der Waals surface area contributed by atoms with Gasteiger partial charge in [-0.2, -0.15) is 0 Å². The highest BCUT2D eigenvalue weighted by Crippen LogP contribution is 2.17. The SMILES string of the molecule is CCOC(=O)Cc1[nH][nH]c(=O)c1C=Nc1ccc([N+](=O)[O-])cc1. The Balaban J connectivity index is 2.19. The summed E-state index contributed by atoms with van der Waals surface area (Å²) >= 11 is 0. The maximum atomic E-state index is 11.7. The summed E-state index contributed by atoms with van der Waals surface area (Å²) in [6, 6.07) is 5.54. The van der Waals surface area contributed by atoms with E-state index < -0.39 is 16.5 Å². The minimum atomic E-state index is -0.512. The molecular weight excluding hydrogens is 304 g/mol. The van der Waals surface area contributed by atoms with E-state index in [-0.39, 0.29) is 24.3 Å². The van der Waals surface area contributed by atoms with Crippen LogP contribution in [0.4, 0.5) is 11.4 Å². The zero-order valence-corrected chi connectivity index (χ0v) is 12.2. The topological polar surface area (TPSA) is 130 Å². The van der Waals surface area contributed by atoms with E-state index in [9.17, 15) is 19.7 Å². The molecular formula is C14H14N4O5. The van der Waals surface area contributed by atoms with E-state index in [1.54, 1.807) is 6.92 Å². The Bertz CT molecular complexity index is 788. The van der Waals surface area contributed by atoms with Crippen molar-refractivity contribution in [3.05, 3.63) is 56.0 Å². The molecule has 0 aliphatic carbocycles. The quantitative estimate of drug-likeness (QED) is 0.360. The van der Waals surface area contributed by atoms with Crippen molar-refractivity contribution in [1.29, 1.82) is 0 Å². The molecule has 0 radical (unpaired) electrons. The predicted molar refractivity (Wildman–Crippen MR) is 82.1 cm³/mol. The Morgan fingerprint density at radius 3 is 2.65 bits per heavy atom. The fraction of sp³-hybridized carbons (Fsp3) is 0.214. The summed E-state index contributed by atoms with van der Waals surface area (Å²) in [5, 5.41) is 15.6. The minimum absolute atomic E-state index is 0.0496. The molecule has 0 amide bonds. The van der Waals surface area contributed by atoms with Gasteiger partial charge in [0, 0.05) is 18.3 Å². The van der Waals surface area contributed by atoms with E-state index in [2.05, 4.69) is 15.2 Å². The van der Waals surface area contributed by atoms with Crippen LogP contribution >= 0.6 is 0 Å². The second-order valence-corrected chi connectivity index (χ2v) is 4.48. The molecule has 0 aliphatic rings. The van der Waals surface area contributed by atoms with Crippen molar-refractivity contribution in [2.24, 2.45) is 4.99 Å². The number of carbonyl (C=O) groups excluding carboxylic acids is 1.